The van der Waals surface area contributed by atoms with Crippen LogP contribution in [0.3, 0.4) is 0 Å². The van der Waals surface area contributed by atoms with Crippen molar-refractivity contribution >= 4 is 35.6 Å². The Bertz CT molecular complexity index is 577. The van der Waals surface area contributed by atoms with Gasteiger partial charge in [0.1, 0.15) is 12.1 Å². The maximum Gasteiger partial charge on any atom is 0.326 e. The first-order chi connectivity index (χ1) is 11.4. The quantitative estimate of drug-likeness (QED) is 0.189. The number of carboxylic acid groups (broad SMARTS) is 3. The second-order valence-corrected chi connectivity index (χ2v) is 4.93. The lowest BCUT2D eigenvalue weighted by atomic mass is 10.1. The summed E-state index contributed by atoms with van der Waals surface area (Å²) in [6.07, 6.45) is -2.46. The van der Waals surface area contributed by atoms with Gasteiger partial charge in [0.2, 0.25) is 17.7 Å². The third-order valence-electron chi connectivity index (χ3n) is 2.76. The van der Waals surface area contributed by atoms with Crippen LogP contribution >= 0.6 is 0 Å². The maximum absolute atomic E-state index is 12.0. The van der Waals surface area contributed by atoms with Gasteiger partial charge in [-0.3, -0.25) is 24.0 Å². The van der Waals surface area contributed by atoms with Crippen LogP contribution in [0.15, 0.2) is 0 Å². The number of aliphatic carboxylic acids is 3. The number of rotatable bonds is 11. The number of carbonyl (C=O) groups excluding carboxylic acids is 3. The normalized spacial score (nSPS) is 13.8. The summed E-state index contributed by atoms with van der Waals surface area (Å²) < 4.78 is 0. The molecule has 0 aromatic carbocycles. The van der Waals surface area contributed by atoms with E-state index < -0.39 is 73.0 Å². The third-order valence-corrected chi connectivity index (χ3v) is 2.76. The molecule has 140 valence electrons. The largest absolute Gasteiger partial charge is 0.481 e. The Morgan fingerprint density at radius 2 is 1.24 bits per heavy atom. The second-order valence-electron chi connectivity index (χ2n) is 4.93. The molecule has 0 aliphatic carbocycles. The number of hydrogen-bond acceptors (Lipinski definition) is 7. The molecule has 0 rings (SSSR count). The molecule has 13 heteroatoms. The summed E-state index contributed by atoms with van der Waals surface area (Å²) in [6.45, 7) is 0. The van der Waals surface area contributed by atoms with Crippen LogP contribution in [0.25, 0.3) is 0 Å². The van der Waals surface area contributed by atoms with Crippen molar-refractivity contribution < 1.29 is 44.1 Å². The molecule has 0 saturated carbocycles. The molecule has 0 fully saturated rings. The summed E-state index contributed by atoms with van der Waals surface area (Å²) in [6, 6.07) is -5.02. The Morgan fingerprint density at radius 3 is 1.64 bits per heavy atom. The first kappa shape index (κ1) is 21.8. The zero-order valence-corrected chi connectivity index (χ0v) is 12.8. The fourth-order valence-corrected chi connectivity index (χ4v) is 1.62. The molecule has 0 radical (unpaired) electrons. The number of carboxylic acids is 3. The predicted molar refractivity (Wildman–Crippen MR) is 77.8 cm³/mol. The highest BCUT2D eigenvalue weighted by Gasteiger charge is 2.30. The van der Waals surface area contributed by atoms with E-state index >= 15 is 0 Å². The van der Waals surface area contributed by atoms with Gasteiger partial charge in [0.15, 0.2) is 0 Å². The minimum Gasteiger partial charge on any atom is -0.481 e. The Labute approximate surface area is 140 Å². The van der Waals surface area contributed by atoms with Crippen LogP contribution in [-0.4, -0.2) is 69.1 Å². The van der Waals surface area contributed by atoms with Gasteiger partial charge < -0.3 is 37.4 Å². The average Bonchev–Trinajstić information content (AvgIpc) is 2.43. The maximum atomic E-state index is 12.0. The van der Waals surface area contributed by atoms with Gasteiger partial charge >= 0.3 is 17.9 Å². The average molecular weight is 362 g/mol. The molecule has 13 nitrogen and oxygen atoms in total. The van der Waals surface area contributed by atoms with E-state index in [1.165, 1.54) is 0 Å². The SMILES string of the molecule is NC(=O)C[C@H](NC(=O)[C@H](CC(=O)O)NC(=O)[C@@H](N)CC(=O)O)C(=O)O. The van der Waals surface area contributed by atoms with Crippen LogP contribution in [-0.2, 0) is 28.8 Å². The fourth-order valence-electron chi connectivity index (χ4n) is 1.62. The summed E-state index contributed by atoms with van der Waals surface area (Å²) in [5.74, 6) is -7.87. The van der Waals surface area contributed by atoms with Crippen LogP contribution in [0.5, 0.6) is 0 Å². The number of nitrogens with two attached hydrogens (primary N) is 2. The molecule has 0 aliphatic rings. The lowest BCUT2D eigenvalue weighted by molar-refractivity contribution is -0.145. The van der Waals surface area contributed by atoms with Crippen molar-refractivity contribution in [3.05, 3.63) is 0 Å². The van der Waals surface area contributed by atoms with Gasteiger partial charge in [0, 0.05) is 0 Å². The third kappa shape index (κ3) is 8.85. The highest BCUT2D eigenvalue weighted by atomic mass is 16.4. The Kier molecular flexibility index (Phi) is 8.55. The number of nitrogens with one attached hydrogen (secondary N) is 2. The number of hydrogen-bond donors (Lipinski definition) is 7. The van der Waals surface area contributed by atoms with Crippen molar-refractivity contribution in [3.8, 4) is 0 Å². The van der Waals surface area contributed by atoms with Crippen LogP contribution < -0.4 is 22.1 Å². The van der Waals surface area contributed by atoms with Gasteiger partial charge in [-0.15, -0.1) is 0 Å². The van der Waals surface area contributed by atoms with E-state index in [1.54, 1.807) is 0 Å². The number of amides is 3. The topological polar surface area (TPSA) is 239 Å². The van der Waals surface area contributed by atoms with Crippen molar-refractivity contribution in [2.24, 2.45) is 11.5 Å². The fraction of sp³-hybridized carbons (Fsp3) is 0.500. The molecular weight excluding hydrogens is 344 g/mol. The van der Waals surface area contributed by atoms with Crippen molar-refractivity contribution in [1.82, 2.24) is 10.6 Å². The molecule has 3 amide bonds. The van der Waals surface area contributed by atoms with E-state index in [0.29, 0.717) is 0 Å². The molecule has 9 N–H and O–H groups in total. The predicted octanol–water partition coefficient (Wildman–Crippen LogP) is -3.81. The molecule has 0 aliphatic heterocycles. The van der Waals surface area contributed by atoms with Crippen molar-refractivity contribution in [2.75, 3.05) is 0 Å². The number of carbonyl (C=O) groups is 6. The summed E-state index contributed by atoms with van der Waals surface area (Å²) in [5, 5.41) is 30.0. The van der Waals surface area contributed by atoms with E-state index in [-0.39, 0.29) is 0 Å². The van der Waals surface area contributed by atoms with Crippen molar-refractivity contribution in [3.63, 3.8) is 0 Å². The zero-order valence-electron chi connectivity index (χ0n) is 12.8. The molecule has 0 saturated heterocycles. The summed E-state index contributed by atoms with van der Waals surface area (Å²) >= 11 is 0. The van der Waals surface area contributed by atoms with Gasteiger partial charge in [-0.25, -0.2) is 4.79 Å². The van der Waals surface area contributed by atoms with E-state index in [4.69, 9.17) is 26.8 Å². The van der Waals surface area contributed by atoms with Crippen molar-refractivity contribution in [1.29, 1.82) is 0 Å². The lowest BCUT2D eigenvalue weighted by Gasteiger charge is -2.21. The highest BCUT2D eigenvalue weighted by Crippen LogP contribution is 1.99. The van der Waals surface area contributed by atoms with Crippen LogP contribution in [0, 0.1) is 0 Å². The summed E-state index contributed by atoms with van der Waals surface area (Å²) in [7, 11) is 0. The van der Waals surface area contributed by atoms with Crippen LogP contribution in [0.1, 0.15) is 19.3 Å². The van der Waals surface area contributed by atoms with Crippen LogP contribution in [0.2, 0.25) is 0 Å². The van der Waals surface area contributed by atoms with Crippen LogP contribution in [0.4, 0.5) is 0 Å². The van der Waals surface area contributed by atoms with E-state index in [9.17, 15) is 28.8 Å². The van der Waals surface area contributed by atoms with E-state index in [0.717, 1.165) is 0 Å². The van der Waals surface area contributed by atoms with Gasteiger partial charge in [0.25, 0.3) is 0 Å². The molecule has 25 heavy (non-hydrogen) atoms. The summed E-state index contributed by atoms with van der Waals surface area (Å²) in [4.78, 5) is 66.7. The van der Waals surface area contributed by atoms with Gasteiger partial charge in [-0.1, -0.05) is 0 Å². The molecule has 0 aromatic rings. The van der Waals surface area contributed by atoms with E-state index in [1.807, 2.05) is 10.6 Å². The standard InChI is InChI=1S/C12H18N4O9/c13-4(1-8(18)19)10(22)15-5(3-9(20)21)11(23)16-6(12(24)25)2-7(14)17/h4-6H,1-3,13H2,(H2,14,17)(H,15,22)(H,16,23)(H,18,19)(H,20,21)(H,24,25)/t4-,5-,6-/m0/s1. The molecule has 0 unspecified atom stereocenters. The molecule has 0 heterocycles. The summed E-state index contributed by atoms with van der Waals surface area (Å²) in [5.41, 5.74) is 10.1. The molecular formula is C12H18N4O9. The Hall–Kier alpha value is -3.22. The van der Waals surface area contributed by atoms with Gasteiger partial charge in [-0.2, -0.15) is 0 Å². The monoisotopic (exact) mass is 362 g/mol. The second kappa shape index (κ2) is 9.82. The lowest BCUT2D eigenvalue weighted by Crippen LogP contribution is -2.55. The molecule has 0 spiro atoms. The minimum absolute atomic E-state index is 0.757. The molecule has 0 bridgehead atoms. The van der Waals surface area contributed by atoms with Gasteiger partial charge in [0.05, 0.1) is 25.3 Å². The molecule has 3 atom stereocenters. The minimum atomic E-state index is -1.74. The first-order valence-corrected chi connectivity index (χ1v) is 6.75. The Balaban J connectivity index is 5.11. The zero-order chi connectivity index (χ0) is 19.7. The molecule has 0 aromatic heterocycles. The number of primary amides is 1. The Morgan fingerprint density at radius 1 is 0.760 bits per heavy atom. The van der Waals surface area contributed by atoms with Crippen molar-refractivity contribution in [2.45, 2.75) is 37.4 Å². The highest BCUT2D eigenvalue weighted by molar-refractivity contribution is 5.95. The van der Waals surface area contributed by atoms with E-state index in [2.05, 4.69) is 0 Å². The first-order valence-electron chi connectivity index (χ1n) is 6.75. The van der Waals surface area contributed by atoms with Gasteiger partial charge in [-0.05, 0) is 0 Å². The smallest absolute Gasteiger partial charge is 0.326 e.